The zero-order chi connectivity index (χ0) is 23.6. The van der Waals surface area contributed by atoms with Crippen molar-refractivity contribution in [3.63, 3.8) is 0 Å². The van der Waals surface area contributed by atoms with E-state index in [0.29, 0.717) is 18.7 Å². The summed E-state index contributed by atoms with van der Waals surface area (Å²) in [5.41, 5.74) is -0.292. The van der Waals surface area contributed by atoms with E-state index >= 15 is 0 Å². The van der Waals surface area contributed by atoms with Crippen molar-refractivity contribution in [1.82, 2.24) is 14.4 Å². The lowest BCUT2D eigenvalue weighted by atomic mass is 9.86. The third-order valence-electron chi connectivity index (χ3n) is 4.85. The Morgan fingerprint density at radius 1 is 1.03 bits per heavy atom. The molecule has 2 aromatic heterocycles. The van der Waals surface area contributed by atoms with Crippen LogP contribution in [-0.2, 0) is 11.8 Å². The van der Waals surface area contributed by atoms with Gasteiger partial charge in [-0.3, -0.25) is 4.40 Å². The number of nitrogens with zero attached hydrogens (tertiary/aromatic N) is 3. The van der Waals surface area contributed by atoms with Crippen LogP contribution in [0.4, 0.5) is 40.9 Å². The van der Waals surface area contributed by atoms with E-state index in [0.717, 1.165) is 28.8 Å². The van der Waals surface area contributed by atoms with Crippen molar-refractivity contribution >= 4 is 11.5 Å². The summed E-state index contributed by atoms with van der Waals surface area (Å²) in [6.45, 7) is 1.75. The van der Waals surface area contributed by atoms with E-state index in [4.69, 9.17) is 5.73 Å². The first-order valence-electron chi connectivity index (χ1n) is 8.47. The summed E-state index contributed by atoms with van der Waals surface area (Å²) in [4.78, 5) is 7.08. The van der Waals surface area contributed by atoms with Crippen LogP contribution in [0.3, 0.4) is 0 Å². The van der Waals surface area contributed by atoms with Crippen LogP contribution in [0.2, 0.25) is 0 Å². The minimum atomic E-state index is -6.05. The molecule has 168 valence electrons. The van der Waals surface area contributed by atoms with Gasteiger partial charge in [-0.2, -0.15) is 35.1 Å². The van der Waals surface area contributed by atoms with E-state index in [9.17, 15) is 40.2 Å². The highest BCUT2D eigenvalue weighted by molar-refractivity contribution is 5.72. The molecule has 0 radical (unpaired) electrons. The fraction of sp³-hybridized carbons (Fsp3) is 0.333. The second-order valence-corrected chi connectivity index (χ2v) is 7.02. The smallest absolute Gasteiger partial charge is 0.381 e. The summed E-state index contributed by atoms with van der Waals surface area (Å²) >= 11 is 0. The molecule has 0 aliphatic heterocycles. The largest absolute Gasteiger partial charge is 0.456 e. The van der Waals surface area contributed by atoms with Gasteiger partial charge in [0.15, 0.2) is 22.8 Å². The molecule has 0 aliphatic carbocycles. The monoisotopic (exact) mass is 454 g/mol. The molecule has 0 aliphatic rings. The average Bonchev–Trinajstić information content (AvgIpc) is 3.04. The van der Waals surface area contributed by atoms with Gasteiger partial charge >= 0.3 is 18.3 Å². The first-order chi connectivity index (χ1) is 14.0. The maximum atomic E-state index is 13.9. The van der Waals surface area contributed by atoms with Gasteiger partial charge in [-0.1, -0.05) is 12.1 Å². The summed E-state index contributed by atoms with van der Waals surface area (Å²) in [5.74, 6) is -6.07. The molecule has 13 heteroatoms. The Bertz CT molecular complexity index is 1150. The Kier molecular flexibility index (Phi) is 4.96. The lowest BCUT2D eigenvalue weighted by Gasteiger charge is -2.34. The number of alkyl halides is 8. The number of aliphatic hydroxyl groups is 1. The molecule has 0 fully saturated rings. The molecule has 3 rings (SSSR count). The average molecular weight is 454 g/mol. The summed E-state index contributed by atoms with van der Waals surface area (Å²) in [6, 6.07) is 2.86. The molecule has 0 bridgehead atoms. The van der Waals surface area contributed by atoms with Gasteiger partial charge in [0, 0.05) is 11.8 Å². The van der Waals surface area contributed by atoms with Crippen LogP contribution in [0, 0.1) is 6.92 Å². The fourth-order valence-corrected chi connectivity index (χ4v) is 3.01. The van der Waals surface area contributed by atoms with Crippen molar-refractivity contribution in [1.29, 1.82) is 0 Å². The standard InChI is InChI=1S/C18H14F8N4O/c1-8-3-4-9(15(2,31)17(22,23)18(24,25)26)5-10(8)11-6-28-14-13(27)29-12(7-30(11)14)16(19,20)21/h3-7,31H,1-2H3,(H2,27,29)/t15-/m1/s1. The molecular formula is C18H14F8N4O. The molecular weight excluding hydrogens is 440 g/mol. The number of hydrogen-bond donors (Lipinski definition) is 2. The van der Waals surface area contributed by atoms with Gasteiger partial charge in [-0.25, -0.2) is 9.97 Å². The van der Waals surface area contributed by atoms with Crippen molar-refractivity contribution in [2.45, 2.75) is 37.7 Å². The van der Waals surface area contributed by atoms with E-state index in [2.05, 4.69) is 9.97 Å². The van der Waals surface area contributed by atoms with Crippen LogP contribution >= 0.6 is 0 Å². The van der Waals surface area contributed by atoms with Gasteiger partial charge in [0.1, 0.15) is 0 Å². The van der Waals surface area contributed by atoms with Crippen LogP contribution in [-0.4, -0.2) is 31.6 Å². The molecule has 3 N–H and O–H groups in total. The Hall–Kier alpha value is -2.96. The molecule has 2 heterocycles. The third kappa shape index (κ3) is 3.56. The number of rotatable bonds is 3. The third-order valence-corrected chi connectivity index (χ3v) is 4.85. The molecule has 31 heavy (non-hydrogen) atoms. The highest BCUT2D eigenvalue weighted by atomic mass is 19.4. The molecule has 3 aromatic rings. The number of benzene rings is 1. The Morgan fingerprint density at radius 3 is 2.19 bits per heavy atom. The van der Waals surface area contributed by atoms with Gasteiger partial charge < -0.3 is 10.8 Å². The summed E-state index contributed by atoms with van der Waals surface area (Å²) in [6.07, 6.45) is -9.27. The molecule has 5 nitrogen and oxygen atoms in total. The number of aryl methyl sites for hydroxylation is 1. The predicted molar refractivity (Wildman–Crippen MR) is 93.1 cm³/mol. The molecule has 0 saturated carbocycles. The van der Waals surface area contributed by atoms with Crippen LogP contribution in [0.5, 0.6) is 0 Å². The van der Waals surface area contributed by atoms with Gasteiger partial charge in [-0.15, -0.1) is 0 Å². The number of aromatic nitrogens is 3. The van der Waals surface area contributed by atoms with Crippen molar-refractivity contribution in [2.75, 3.05) is 5.73 Å². The maximum Gasteiger partial charge on any atom is 0.456 e. The van der Waals surface area contributed by atoms with E-state index in [1.807, 2.05) is 0 Å². The number of imidazole rings is 1. The van der Waals surface area contributed by atoms with Crippen molar-refractivity contribution in [3.05, 3.63) is 47.4 Å². The highest BCUT2D eigenvalue weighted by Crippen LogP contribution is 2.48. The predicted octanol–water partition coefficient (Wildman–Crippen LogP) is 4.71. The first kappa shape index (κ1) is 22.7. The van der Waals surface area contributed by atoms with Crippen LogP contribution in [0.25, 0.3) is 16.9 Å². The number of nitrogen functional groups attached to an aromatic ring is 1. The van der Waals surface area contributed by atoms with E-state index in [1.54, 1.807) is 0 Å². The summed E-state index contributed by atoms with van der Waals surface area (Å²) in [5, 5.41) is 10.1. The number of fused-ring (bicyclic) bond motifs is 1. The quantitative estimate of drug-likeness (QED) is 0.562. The number of hydrogen-bond acceptors (Lipinski definition) is 4. The Labute approximate surface area is 169 Å². The zero-order valence-corrected chi connectivity index (χ0v) is 15.8. The second kappa shape index (κ2) is 6.77. The molecule has 0 unspecified atom stereocenters. The number of anilines is 1. The minimum Gasteiger partial charge on any atom is -0.381 e. The highest BCUT2D eigenvalue weighted by Gasteiger charge is 2.68. The number of nitrogens with two attached hydrogens (primary N) is 1. The fourth-order valence-electron chi connectivity index (χ4n) is 3.01. The molecule has 1 atom stereocenters. The zero-order valence-electron chi connectivity index (χ0n) is 15.8. The number of halogens is 8. The van der Waals surface area contributed by atoms with Crippen LogP contribution in [0.15, 0.2) is 30.6 Å². The van der Waals surface area contributed by atoms with Crippen molar-refractivity contribution in [3.8, 4) is 11.3 Å². The van der Waals surface area contributed by atoms with E-state index in [1.165, 1.54) is 6.92 Å². The van der Waals surface area contributed by atoms with E-state index < -0.39 is 41.0 Å². The molecule has 0 saturated heterocycles. The first-order valence-corrected chi connectivity index (χ1v) is 8.47. The van der Waals surface area contributed by atoms with Crippen LogP contribution in [0.1, 0.15) is 23.7 Å². The Morgan fingerprint density at radius 2 is 1.65 bits per heavy atom. The lowest BCUT2D eigenvalue weighted by molar-refractivity contribution is -0.342. The maximum absolute atomic E-state index is 13.9. The van der Waals surface area contributed by atoms with Crippen LogP contribution < -0.4 is 5.73 Å². The van der Waals surface area contributed by atoms with Crippen molar-refractivity contribution < 1.29 is 40.2 Å². The molecule has 0 spiro atoms. The lowest BCUT2D eigenvalue weighted by Crippen LogP contribution is -2.53. The van der Waals surface area contributed by atoms with Gasteiger partial charge in [-0.05, 0) is 31.0 Å². The topological polar surface area (TPSA) is 76.4 Å². The van der Waals surface area contributed by atoms with Gasteiger partial charge in [0.2, 0.25) is 0 Å². The molecule has 1 aromatic carbocycles. The van der Waals surface area contributed by atoms with Crippen molar-refractivity contribution in [2.24, 2.45) is 0 Å². The van der Waals surface area contributed by atoms with Gasteiger partial charge in [0.25, 0.3) is 0 Å². The summed E-state index contributed by atoms with van der Waals surface area (Å²) < 4.78 is 107. The SMILES string of the molecule is Cc1ccc([C@@](C)(O)C(F)(F)C(F)(F)F)cc1-c1cnc2c(N)nc(C(F)(F)F)cn12. The summed E-state index contributed by atoms with van der Waals surface area (Å²) in [7, 11) is 0. The van der Waals surface area contributed by atoms with E-state index in [-0.39, 0.29) is 16.9 Å². The second-order valence-electron chi connectivity index (χ2n) is 7.02. The minimum absolute atomic E-state index is 0.0398. The normalized spacial score (nSPS) is 15.3. The van der Waals surface area contributed by atoms with Gasteiger partial charge in [0.05, 0.1) is 11.9 Å². The Balaban J connectivity index is 2.24. The molecule has 0 amide bonds.